The number of hydrogen-bond acceptors (Lipinski definition) is 2. The summed E-state index contributed by atoms with van der Waals surface area (Å²) in [5.74, 6) is 0.767. The monoisotopic (exact) mass is 378 g/mol. The number of carbonyl (C=O) groups is 1. The molecule has 1 aliphatic carbocycles. The molecule has 1 heterocycles. The summed E-state index contributed by atoms with van der Waals surface area (Å²) < 4.78 is 2.65. The van der Waals surface area contributed by atoms with E-state index in [1.807, 2.05) is 18.2 Å². The van der Waals surface area contributed by atoms with Crippen molar-refractivity contribution < 1.29 is 9.90 Å². The van der Waals surface area contributed by atoms with Crippen molar-refractivity contribution in [2.24, 2.45) is 5.92 Å². The van der Waals surface area contributed by atoms with Crippen molar-refractivity contribution in [3.05, 3.63) is 28.9 Å². The predicted octanol–water partition coefficient (Wildman–Crippen LogP) is 4.65. The highest BCUT2D eigenvalue weighted by Gasteiger charge is 2.17. The number of halogens is 1. The molecular weight excluding hydrogens is 356 g/mol. The Hall–Kier alpha value is -1.33. The number of anilines is 1. The first-order valence-corrected chi connectivity index (χ1v) is 9.16. The van der Waals surface area contributed by atoms with Gasteiger partial charge in [-0.05, 0) is 24.5 Å². The summed E-state index contributed by atoms with van der Waals surface area (Å²) in [6, 6.07) is 5.81. The van der Waals surface area contributed by atoms with E-state index in [4.69, 9.17) is 0 Å². The van der Waals surface area contributed by atoms with Gasteiger partial charge >= 0.3 is 0 Å². The van der Waals surface area contributed by atoms with Gasteiger partial charge in [0.25, 0.3) is 0 Å². The van der Waals surface area contributed by atoms with Gasteiger partial charge in [-0.2, -0.15) is 0 Å². The molecule has 1 saturated carbocycles. The van der Waals surface area contributed by atoms with Crippen LogP contribution in [0.25, 0.3) is 10.9 Å². The number of hydrogen-bond donors (Lipinski definition) is 2. The zero-order chi connectivity index (χ0) is 16.2. The summed E-state index contributed by atoms with van der Waals surface area (Å²) in [6.45, 7) is -0.106. The molecule has 1 aromatic carbocycles. The minimum absolute atomic E-state index is 0.0586. The molecule has 2 N–H and O–H groups in total. The lowest BCUT2D eigenvalue weighted by Gasteiger charge is -2.20. The molecule has 0 radical (unpaired) electrons. The number of amides is 1. The Morgan fingerprint density at radius 2 is 2.09 bits per heavy atom. The fraction of sp³-hybridized carbons (Fsp3) is 0.500. The molecule has 0 bridgehead atoms. The summed E-state index contributed by atoms with van der Waals surface area (Å²) in [5.41, 5.74) is 1.67. The molecular formula is C18H23BrN2O2. The van der Waals surface area contributed by atoms with Crippen LogP contribution >= 0.6 is 15.9 Å². The highest BCUT2D eigenvalue weighted by molar-refractivity contribution is 9.10. The first-order valence-electron chi connectivity index (χ1n) is 8.37. The van der Waals surface area contributed by atoms with E-state index in [2.05, 4.69) is 21.2 Å². The average molecular weight is 379 g/mol. The van der Waals surface area contributed by atoms with Crippen molar-refractivity contribution in [1.29, 1.82) is 0 Å². The van der Waals surface area contributed by atoms with E-state index in [9.17, 15) is 9.90 Å². The van der Waals surface area contributed by atoms with E-state index in [1.54, 1.807) is 10.8 Å². The average Bonchev–Trinajstić information content (AvgIpc) is 2.93. The zero-order valence-corrected chi connectivity index (χ0v) is 14.8. The molecule has 0 saturated heterocycles. The lowest BCUT2D eigenvalue weighted by molar-refractivity contribution is -0.116. The molecule has 3 rings (SSSR count). The van der Waals surface area contributed by atoms with Gasteiger partial charge in [0.15, 0.2) is 0 Å². The van der Waals surface area contributed by atoms with Crippen LogP contribution in [0.15, 0.2) is 28.9 Å². The molecule has 1 aromatic heterocycles. The number of benzene rings is 1. The van der Waals surface area contributed by atoms with Crippen LogP contribution < -0.4 is 5.32 Å². The van der Waals surface area contributed by atoms with Gasteiger partial charge in [-0.15, -0.1) is 0 Å². The van der Waals surface area contributed by atoms with Crippen LogP contribution in [0.5, 0.6) is 0 Å². The number of nitrogens with one attached hydrogen (secondary N) is 1. The number of aromatic nitrogens is 1. The molecule has 0 aliphatic heterocycles. The topological polar surface area (TPSA) is 54.3 Å². The fourth-order valence-corrected chi connectivity index (χ4v) is 4.11. The SMILES string of the molecule is O=C(CCC1CCCCC1)Nc1cn(CO)c2cccc(Br)c12. The van der Waals surface area contributed by atoms with Crippen molar-refractivity contribution in [1.82, 2.24) is 4.57 Å². The zero-order valence-electron chi connectivity index (χ0n) is 13.2. The van der Waals surface area contributed by atoms with Gasteiger partial charge in [0, 0.05) is 22.5 Å². The highest BCUT2D eigenvalue weighted by atomic mass is 79.9. The van der Waals surface area contributed by atoms with E-state index >= 15 is 0 Å². The van der Waals surface area contributed by atoms with E-state index in [-0.39, 0.29) is 12.6 Å². The first kappa shape index (κ1) is 16.5. The summed E-state index contributed by atoms with van der Waals surface area (Å²) in [6.07, 6.45) is 9.84. The van der Waals surface area contributed by atoms with Crippen LogP contribution in [-0.2, 0) is 11.5 Å². The van der Waals surface area contributed by atoms with Gasteiger partial charge in [-0.3, -0.25) is 4.79 Å². The Morgan fingerprint density at radius 1 is 1.30 bits per heavy atom. The molecule has 4 nitrogen and oxygen atoms in total. The van der Waals surface area contributed by atoms with E-state index in [0.717, 1.165) is 27.5 Å². The lowest BCUT2D eigenvalue weighted by Crippen LogP contribution is -2.14. The molecule has 1 amide bonds. The van der Waals surface area contributed by atoms with Crippen LogP contribution in [0.1, 0.15) is 44.9 Å². The second-order valence-electron chi connectivity index (χ2n) is 6.38. The van der Waals surface area contributed by atoms with Crippen LogP contribution in [0.2, 0.25) is 0 Å². The molecule has 2 aromatic rings. The Bertz CT molecular complexity index is 690. The predicted molar refractivity (Wildman–Crippen MR) is 96.3 cm³/mol. The second kappa shape index (κ2) is 7.49. The minimum atomic E-state index is -0.106. The summed E-state index contributed by atoms with van der Waals surface area (Å²) in [7, 11) is 0. The Balaban J connectivity index is 1.69. The van der Waals surface area contributed by atoms with Gasteiger partial charge in [-0.1, -0.05) is 54.1 Å². The van der Waals surface area contributed by atoms with Crippen LogP contribution in [0, 0.1) is 5.92 Å². The Morgan fingerprint density at radius 3 is 2.83 bits per heavy atom. The van der Waals surface area contributed by atoms with Crippen molar-refractivity contribution in [3.63, 3.8) is 0 Å². The number of fused-ring (bicyclic) bond motifs is 1. The smallest absolute Gasteiger partial charge is 0.224 e. The third-order valence-electron chi connectivity index (χ3n) is 4.79. The molecule has 124 valence electrons. The number of aliphatic hydroxyl groups is 1. The van der Waals surface area contributed by atoms with Crippen LogP contribution in [-0.4, -0.2) is 15.6 Å². The molecule has 1 fully saturated rings. The van der Waals surface area contributed by atoms with Gasteiger partial charge in [0.05, 0.1) is 11.2 Å². The molecule has 0 unspecified atom stereocenters. The summed E-state index contributed by atoms with van der Waals surface area (Å²) >= 11 is 3.54. The number of rotatable bonds is 5. The second-order valence-corrected chi connectivity index (χ2v) is 7.23. The fourth-order valence-electron chi connectivity index (χ4n) is 3.54. The standard InChI is InChI=1S/C18H23BrN2O2/c19-14-7-4-8-16-18(14)15(11-21(16)12-22)20-17(23)10-9-13-5-2-1-3-6-13/h4,7-8,11,13,22H,1-3,5-6,9-10,12H2,(H,20,23). The van der Waals surface area contributed by atoms with E-state index in [0.29, 0.717) is 12.3 Å². The maximum atomic E-state index is 12.3. The third kappa shape index (κ3) is 3.78. The lowest BCUT2D eigenvalue weighted by atomic mass is 9.86. The Kier molecular flexibility index (Phi) is 5.38. The highest BCUT2D eigenvalue weighted by Crippen LogP contribution is 2.33. The molecule has 0 spiro atoms. The van der Waals surface area contributed by atoms with Crippen LogP contribution in [0.3, 0.4) is 0 Å². The summed E-state index contributed by atoms with van der Waals surface area (Å²) in [5, 5.41) is 13.4. The normalized spacial score (nSPS) is 15.9. The third-order valence-corrected chi connectivity index (χ3v) is 5.45. The minimum Gasteiger partial charge on any atom is -0.376 e. The number of nitrogens with zero attached hydrogens (tertiary/aromatic N) is 1. The van der Waals surface area contributed by atoms with Gasteiger partial charge < -0.3 is 15.0 Å². The molecule has 0 atom stereocenters. The molecule has 1 aliphatic rings. The van der Waals surface area contributed by atoms with E-state index in [1.165, 1.54) is 32.1 Å². The van der Waals surface area contributed by atoms with Crippen molar-refractivity contribution in [3.8, 4) is 0 Å². The molecule has 5 heteroatoms. The van der Waals surface area contributed by atoms with E-state index < -0.39 is 0 Å². The van der Waals surface area contributed by atoms with Gasteiger partial charge in [0.1, 0.15) is 6.73 Å². The maximum Gasteiger partial charge on any atom is 0.224 e. The van der Waals surface area contributed by atoms with Crippen molar-refractivity contribution >= 4 is 38.4 Å². The van der Waals surface area contributed by atoms with Crippen molar-refractivity contribution in [2.75, 3.05) is 5.32 Å². The quantitative estimate of drug-likeness (QED) is 0.795. The van der Waals surface area contributed by atoms with Gasteiger partial charge in [0.2, 0.25) is 5.91 Å². The Labute approximate surface area is 145 Å². The largest absolute Gasteiger partial charge is 0.376 e. The number of carbonyl (C=O) groups excluding carboxylic acids is 1. The first-order chi connectivity index (χ1) is 11.2. The maximum absolute atomic E-state index is 12.3. The number of aliphatic hydroxyl groups excluding tert-OH is 1. The van der Waals surface area contributed by atoms with Crippen LogP contribution in [0.4, 0.5) is 5.69 Å². The van der Waals surface area contributed by atoms with Crippen molar-refractivity contribution in [2.45, 2.75) is 51.7 Å². The molecule has 23 heavy (non-hydrogen) atoms. The van der Waals surface area contributed by atoms with Gasteiger partial charge in [-0.25, -0.2) is 0 Å². The summed E-state index contributed by atoms with van der Waals surface area (Å²) in [4.78, 5) is 12.3.